The number of anilines is 3. The van der Waals surface area contributed by atoms with Crippen LogP contribution in [0, 0.1) is 11.3 Å². The van der Waals surface area contributed by atoms with E-state index >= 15 is 0 Å². The van der Waals surface area contributed by atoms with Crippen LogP contribution in [0.4, 0.5) is 17.1 Å². The molecule has 0 saturated heterocycles. The molecule has 0 aromatic heterocycles. The lowest BCUT2D eigenvalue weighted by Gasteiger charge is -2.10. The summed E-state index contributed by atoms with van der Waals surface area (Å²) in [5, 5.41) is 12.0. The fourth-order valence-electron chi connectivity index (χ4n) is 1.62. The quantitative estimate of drug-likeness (QED) is 0.808. The van der Waals surface area contributed by atoms with Crippen LogP contribution in [0.1, 0.15) is 5.56 Å². The van der Waals surface area contributed by atoms with E-state index in [9.17, 15) is 0 Å². The van der Waals surface area contributed by atoms with Gasteiger partial charge in [-0.2, -0.15) is 5.26 Å². The van der Waals surface area contributed by atoms with E-state index in [4.69, 9.17) is 15.7 Å². The van der Waals surface area contributed by atoms with Gasteiger partial charge in [-0.15, -0.1) is 0 Å². The molecule has 0 bridgehead atoms. The van der Waals surface area contributed by atoms with E-state index in [1.807, 2.05) is 24.3 Å². The monoisotopic (exact) mass is 239 g/mol. The molecule has 4 nitrogen and oxygen atoms in total. The third-order valence-corrected chi connectivity index (χ3v) is 2.51. The zero-order chi connectivity index (χ0) is 13.0. The molecule has 0 saturated carbocycles. The van der Waals surface area contributed by atoms with E-state index in [0.717, 1.165) is 11.4 Å². The first-order valence-electron chi connectivity index (χ1n) is 5.43. The van der Waals surface area contributed by atoms with Gasteiger partial charge in [0.15, 0.2) is 0 Å². The van der Waals surface area contributed by atoms with Crippen LogP contribution in [-0.2, 0) is 0 Å². The van der Waals surface area contributed by atoms with Crippen molar-refractivity contribution in [3.8, 4) is 11.8 Å². The molecule has 0 fully saturated rings. The summed E-state index contributed by atoms with van der Waals surface area (Å²) in [7, 11) is 1.58. The molecule has 2 rings (SSSR count). The van der Waals surface area contributed by atoms with Gasteiger partial charge in [-0.25, -0.2) is 0 Å². The fraction of sp³-hybridized carbons (Fsp3) is 0.0714. The average Bonchev–Trinajstić information content (AvgIpc) is 2.41. The van der Waals surface area contributed by atoms with Crippen molar-refractivity contribution in [2.45, 2.75) is 0 Å². The third-order valence-electron chi connectivity index (χ3n) is 2.51. The Kier molecular flexibility index (Phi) is 3.35. The Balaban J connectivity index is 2.26. The number of benzene rings is 2. The first-order valence-corrected chi connectivity index (χ1v) is 5.43. The predicted octanol–water partition coefficient (Wildman–Crippen LogP) is 2.89. The summed E-state index contributed by atoms with van der Waals surface area (Å²) in [6.45, 7) is 0. The molecule has 0 aliphatic carbocycles. The van der Waals surface area contributed by atoms with Crippen molar-refractivity contribution in [3.05, 3.63) is 48.0 Å². The molecule has 3 N–H and O–H groups in total. The van der Waals surface area contributed by atoms with Gasteiger partial charge in [-0.3, -0.25) is 0 Å². The fourth-order valence-corrected chi connectivity index (χ4v) is 1.62. The Bertz CT molecular complexity index is 602. The maximum absolute atomic E-state index is 8.83. The van der Waals surface area contributed by atoms with E-state index < -0.39 is 0 Å². The van der Waals surface area contributed by atoms with E-state index in [0.29, 0.717) is 17.0 Å². The van der Waals surface area contributed by atoms with Gasteiger partial charge < -0.3 is 15.8 Å². The maximum Gasteiger partial charge on any atom is 0.143 e. The molecule has 0 radical (unpaired) electrons. The van der Waals surface area contributed by atoms with E-state index in [1.165, 1.54) is 0 Å². The van der Waals surface area contributed by atoms with Crippen molar-refractivity contribution in [3.63, 3.8) is 0 Å². The lowest BCUT2D eigenvalue weighted by molar-refractivity contribution is 0.417. The highest BCUT2D eigenvalue weighted by atomic mass is 16.5. The minimum atomic E-state index is 0.592. The molecule has 4 heteroatoms. The summed E-state index contributed by atoms with van der Waals surface area (Å²) >= 11 is 0. The first-order chi connectivity index (χ1) is 8.72. The molecule has 0 spiro atoms. The number of nitrogen functional groups attached to an aromatic ring is 1. The molecule has 0 unspecified atom stereocenters. The van der Waals surface area contributed by atoms with Crippen molar-refractivity contribution in [2.24, 2.45) is 0 Å². The van der Waals surface area contributed by atoms with Crippen LogP contribution in [0.2, 0.25) is 0 Å². The standard InChI is InChI=1S/C14H13N3O/c1-18-14-8-12(5-6-13(14)16)17-11-4-2-3-10(7-11)9-15/h2-8,17H,16H2,1H3. The topological polar surface area (TPSA) is 71.1 Å². The Morgan fingerprint density at radius 1 is 1.17 bits per heavy atom. The molecule has 0 atom stereocenters. The molecular weight excluding hydrogens is 226 g/mol. The van der Waals surface area contributed by atoms with Crippen LogP contribution < -0.4 is 15.8 Å². The van der Waals surface area contributed by atoms with Crippen LogP contribution >= 0.6 is 0 Å². The SMILES string of the molecule is COc1cc(Nc2cccc(C#N)c2)ccc1N. The molecule has 0 amide bonds. The Labute approximate surface area is 106 Å². The van der Waals surface area contributed by atoms with E-state index in [1.54, 1.807) is 25.3 Å². The zero-order valence-corrected chi connectivity index (χ0v) is 9.97. The predicted molar refractivity (Wildman–Crippen MR) is 71.8 cm³/mol. The summed E-state index contributed by atoms with van der Waals surface area (Å²) in [6.07, 6.45) is 0. The van der Waals surface area contributed by atoms with Gasteiger partial charge in [-0.05, 0) is 30.3 Å². The van der Waals surface area contributed by atoms with Gasteiger partial charge in [0.1, 0.15) is 5.75 Å². The number of nitriles is 1. The summed E-state index contributed by atoms with van der Waals surface area (Å²) in [6, 6.07) is 14.8. The summed E-state index contributed by atoms with van der Waals surface area (Å²) in [4.78, 5) is 0. The second-order valence-corrected chi connectivity index (χ2v) is 3.77. The van der Waals surface area contributed by atoms with Crippen LogP contribution in [0.15, 0.2) is 42.5 Å². The third kappa shape index (κ3) is 2.53. The van der Waals surface area contributed by atoms with Crippen LogP contribution in [0.5, 0.6) is 5.75 Å². The number of nitrogens with one attached hydrogen (secondary N) is 1. The number of hydrogen-bond acceptors (Lipinski definition) is 4. The molecule has 0 aliphatic rings. The highest BCUT2D eigenvalue weighted by Crippen LogP contribution is 2.27. The highest BCUT2D eigenvalue weighted by molar-refractivity contribution is 5.67. The van der Waals surface area contributed by atoms with Crippen molar-refractivity contribution < 1.29 is 4.74 Å². The molecule has 18 heavy (non-hydrogen) atoms. The van der Waals surface area contributed by atoms with Crippen molar-refractivity contribution in [2.75, 3.05) is 18.2 Å². The second-order valence-electron chi connectivity index (χ2n) is 3.77. The van der Waals surface area contributed by atoms with Gasteiger partial charge in [0, 0.05) is 17.4 Å². The number of nitrogens with zero attached hydrogens (tertiary/aromatic N) is 1. The number of methoxy groups -OCH3 is 1. The lowest BCUT2D eigenvalue weighted by atomic mass is 10.2. The Hall–Kier alpha value is -2.67. The van der Waals surface area contributed by atoms with Crippen molar-refractivity contribution >= 4 is 17.1 Å². The molecule has 2 aromatic rings. The van der Waals surface area contributed by atoms with Crippen molar-refractivity contribution in [1.82, 2.24) is 0 Å². The van der Waals surface area contributed by atoms with E-state index in [-0.39, 0.29) is 0 Å². The Morgan fingerprint density at radius 3 is 2.67 bits per heavy atom. The minimum Gasteiger partial charge on any atom is -0.495 e. The number of nitrogens with two attached hydrogens (primary N) is 1. The highest BCUT2D eigenvalue weighted by Gasteiger charge is 2.01. The van der Waals surface area contributed by atoms with Crippen LogP contribution in [0.25, 0.3) is 0 Å². The van der Waals surface area contributed by atoms with Gasteiger partial charge >= 0.3 is 0 Å². The van der Waals surface area contributed by atoms with Crippen molar-refractivity contribution in [1.29, 1.82) is 5.26 Å². The van der Waals surface area contributed by atoms with Gasteiger partial charge in [0.2, 0.25) is 0 Å². The average molecular weight is 239 g/mol. The van der Waals surface area contributed by atoms with Gasteiger partial charge in [0.25, 0.3) is 0 Å². The van der Waals surface area contributed by atoms with Crippen LogP contribution in [0.3, 0.4) is 0 Å². The number of ether oxygens (including phenoxy) is 1. The summed E-state index contributed by atoms with van der Waals surface area (Å²) in [5.41, 5.74) is 8.65. The summed E-state index contributed by atoms with van der Waals surface area (Å²) in [5.74, 6) is 0.622. The number of rotatable bonds is 3. The molecule has 90 valence electrons. The molecular formula is C14H13N3O. The first kappa shape index (κ1) is 11.8. The van der Waals surface area contributed by atoms with Gasteiger partial charge in [0.05, 0.1) is 24.4 Å². The molecule has 0 heterocycles. The lowest BCUT2D eigenvalue weighted by Crippen LogP contribution is -1.95. The second kappa shape index (κ2) is 5.11. The smallest absolute Gasteiger partial charge is 0.143 e. The minimum absolute atomic E-state index is 0.592. The Morgan fingerprint density at radius 2 is 1.94 bits per heavy atom. The maximum atomic E-state index is 8.83. The van der Waals surface area contributed by atoms with E-state index in [2.05, 4.69) is 11.4 Å². The summed E-state index contributed by atoms with van der Waals surface area (Å²) < 4.78 is 5.15. The van der Waals surface area contributed by atoms with Crippen LogP contribution in [-0.4, -0.2) is 7.11 Å². The normalized spacial score (nSPS) is 9.56. The largest absolute Gasteiger partial charge is 0.495 e. The molecule has 0 aliphatic heterocycles. The number of hydrogen-bond donors (Lipinski definition) is 2. The van der Waals surface area contributed by atoms with Gasteiger partial charge in [-0.1, -0.05) is 6.07 Å². The molecule has 2 aromatic carbocycles. The zero-order valence-electron chi connectivity index (χ0n) is 9.97.